The van der Waals surface area contributed by atoms with E-state index in [0.717, 1.165) is 30.9 Å². The topological polar surface area (TPSA) is 83.3 Å². The van der Waals surface area contributed by atoms with Gasteiger partial charge in [-0.25, -0.2) is 4.39 Å². The highest BCUT2D eigenvalue weighted by Crippen LogP contribution is 2.08. The third-order valence-corrected chi connectivity index (χ3v) is 4.38. The average Bonchev–Trinajstić information content (AvgIpc) is 3.01. The maximum atomic E-state index is 13.6. The summed E-state index contributed by atoms with van der Waals surface area (Å²) >= 11 is 0. The SMILES string of the molecule is CCNC(=NCCCn1nc(C)cc1C)NCCNC(=O)c1ccc(C)c(F)c1.I. The van der Waals surface area contributed by atoms with Crippen molar-refractivity contribution >= 4 is 35.8 Å². The molecule has 0 unspecified atom stereocenters. The van der Waals surface area contributed by atoms with E-state index in [1.807, 2.05) is 25.5 Å². The Morgan fingerprint density at radius 2 is 1.87 bits per heavy atom. The van der Waals surface area contributed by atoms with Gasteiger partial charge in [0.2, 0.25) is 0 Å². The van der Waals surface area contributed by atoms with E-state index in [-0.39, 0.29) is 35.7 Å². The molecule has 30 heavy (non-hydrogen) atoms. The summed E-state index contributed by atoms with van der Waals surface area (Å²) in [5, 5.41) is 13.6. The summed E-state index contributed by atoms with van der Waals surface area (Å²) in [6.07, 6.45) is 0.883. The molecule has 7 nitrogen and oxygen atoms in total. The normalized spacial score (nSPS) is 11.0. The van der Waals surface area contributed by atoms with Crippen molar-refractivity contribution < 1.29 is 9.18 Å². The van der Waals surface area contributed by atoms with Gasteiger partial charge >= 0.3 is 0 Å². The summed E-state index contributed by atoms with van der Waals surface area (Å²) < 4.78 is 15.6. The summed E-state index contributed by atoms with van der Waals surface area (Å²) in [5.74, 6) is 0.0341. The number of nitrogens with one attached hydrogen (secondary N) is 3. The van der Waals surface area contributed by atoms with Crippen LogP contribution in [0.15, 0.2) is 29.3 Å². The fourth-order valence-corrected chi connectivity index (χ4v) is 2.85. The second kappa shape index (κ2) is 13.2. The molecule has 0 saturated carbocycles. The zero-order chi connectivity index (χ0) is 21.2. The lowest BCUT2D eigenvalue weighted by Crippen LogP contribution is -2.41. The first-order chi connectivity index (χ1) is 13.9. The molecule has 2 rings (SSSR count). The molecule has 0 radical (unpaired) electrons. The summed E-state index contributed by atoms with van der Waals surface area (Å²) in [6, 6.07) is 6.54. The molecule has 0 atom stereocenters. The number of aliphatic imine (C=N–C) groups is 1. The Hall–Kier alpha value is -2.17. The van der Waals surface area contributed by atoms with Gasteiger partial charge < -0.3 is 16.0 Å². The quantitative estimate of drug-likeness (QED) is 0.202. The highest BCUT2D eigenvalue weighted by atomic mass is 127. The van der Waals surface area contributed by atoms with Crippen molar-refractivity contribution in [2.24, 2.45) is 4.99 Å². The Labute approximate surface area is 194 Å². The molecule has 1 heterocycles. The lowest BCUT2D eigenvalue weighted by Gasteiger charge is -2.12. The van der Waals surface area contributed by atoms with Crippen molar-refractivity contribution in [3.8, 4) is 0 Å². The number of aromatic nitrogens is 2. The van der Waals surface area contributed by atoms with Gasteiger partial charge in [-0.1, -0.05) is 6.07 Å². The fraction of sp³-hybridized carbons (Fsp3) is 0.476. The molecule has 0 spiro atoms. The van der Waals surface area contributed by atoms with E-state index in [2.05, 4.69) is 32.1 Å². The Bertz CT molecular complexity index is 852. The van der Waals surface area contributed by atoms with Gasteiger partial charge in [0.25, 0.3) is 5.91 Å². The van der Waals surface area contributed by atoms with E-state index in [1.54, 1.807) is 19.1 Å². The summed E-state index contributed by atoms with van der Waals surface area (Å²) in [7, 11) is 0. The first-order valence-electron chi connectivity index (χ1n) is 9.98. The predicted octanol–water partition coefficient (Wildman–Crippen LogP) is 2.94. The highest BCUT2D eigenvalue weighted by molar-refractivity contribution is 14.0. The number of benzene rings is 1. The smallest absolute Gasteiger partial charge is 0.251 e. The second-order valence-electron chi connectivity index (χ2n) is 6.91. The summed E-state index contributed by atoms with van der Waals surface area (Å²) in [5.41, 5.74) is 3.02. The molecule has 2 aromatic rings. The Morgan fingerprint density at radius 1 is 1.13 bits per heavy atom. The second-order valence-corrected chi connectivity index (χ2v) is 6.91. The highest BCUT2D eigenvalue weighted by Gasteiger charge is 2.07. The van der Waals surface area contributed by atoms with Gasteiger partial charge in [0.15, 0.2) is 5.96 Å². The van der Waals surface area contributed by atoms with Crippen LogP contribution in [0.5, 0.6) is 0 Å². The fourth-order valence-electron chi connectivity index (χ4n) is 2.85. The number of hydrogen-bond donors (Lipinski definition) is 3. The van der Waals surface area contributed by atoms with E-state index in [4.69, 9.17) is 0 Å². The molecule has 0 aliphatic heterocycles. The molecule has 1 aromatic heterocycles. The number of hydrogen-bond acceptors (Lipinski definition) is 3. The van der Waals surface area contributed by atoms with Gasteiger partial charge in [-0.2, -0.15) is 5.10 Å². The third-order valence-electron chi connectivity index (χ3n) is 4.38. The van der Waals surface area contributed by atoms with Crippen LogP contribution in [0.1, 0.15) is 40.7 Å². The van der Waals surface area contributed by atoms with Crippen LogP contribution in [0.4, 0.5) is 4.39 Å². The molecule has 0 bridgehead atoms. The van der Waals surface area contributed by atoms with Gasteiger partial charge in [0, 0.05) is 44.0 Å². The average molecular weight is 530 g/mol. The van der Waals surface area contributed by atoms with E-state index in [0.29, 0.717) is 36.7 Å². The van der Waals surface area contributed by atoms with Crippen LogP contribution in [-0.2, 0) is 6.54 Å². The summed E-state index contributed by atoms with van der Waals surface area (Å²) in [4.78, 5) is 16.6. The molecule has 0 saturated heterocycles. The minimum Gasteiger partial charge on any atom is -0.357 e. The number of carbonyl (C=O) groups is 1. The zero-order valence-corrected chi connectivity index (χ0v) is 20.4. The van der Waals surface area contributed by atoms with E-state index in [1.165, 1.54) is 6.07 Å². The molecule has 9 heteroatoms. The molecular weight excluding hydrogens is 498 g/mol. The maximum Gasteiger partial charge on any atom is 0.251 e. The van der Waals surface area contributed by atoms with Crippen molar-refractivity contribution in [1.29, 1.82) is 0 Å². The van der Waals surface area contributed by atoms with Gasteiger partial charge in [0.05, 0.1) is 5.69 Å². The van der Waals surface area contributed by atoms with Crippen LogP contribution in [-0.4, -0.2) is 47.8 Å². The minimum atomic E-state index is -0.377. The molecule has 1 aromatic carbocycles. The van der Waals surface area contributed by atoms with Crippen molar-refractivity contribution in [2.75, 3.05) is 26.2 Å². The number of carbonyl (C=O) groups excluding carboxylic acids is 1. The summed E-state index contributed by atoms with van der Waals surface area (Å²) in [6.45, 7) is 10.9. The molecule has 3 N–H and O–H groups in total. The number of aryl methyl sites for hydroxylation is 4. The number of guanidine groups is 1. The maximum absolute atomic E-state index is 13.6. The van der Waals surface area contributed by atoms with E-state index >= 15 is 0 Å². The first kappa shape index (κ1) is 25.9. The van der Waals surface area contributed by atoms with Crippen LogP contribution in [0, 0.1) is 26.6 Å². The number of amides is 1. The van der Waals surface area contributed by atoms with Gasteiger partial charge in [-0.05, 0) is 57.9 Å². The Morgan fingerprint density at radius 3 is 2.50 bits per heavy atom. The van der Waals surface area contributed by atoms with Crippen LogP contribution < -0.4 is 16.0 Å². The number of halogens is 2. The lowest BCUT2D eigenvalue weighted by molar-refractivity contribution is 0.0954. The van der Waals surface area contributed by atoms with Crippen molar-refractivity contribution in [1.82, 2.24) is 25.7 Å². The van der Waals surface area contributed by atoms with Crippen molar-refractivity contribution in [2.45, 2.75) is 40.7 Å². The number of nitrogens with zero attached hydrogens (tertiary/aromatic N) is 3. The monoisotopic (exact) mass is 530 g/mol. The standard InChI is InChI=1S/C21H31FN6O.HI/c1-5-23-21(25-9-6-12-28-17(4)13-16(3)27-28)26-11-10-24-20(29)18-8-7-15(2)19(22)14-18;/h7-8,13-14H,5-6,9-12H2,1-4H3,(H,24,29)(H2,23,25,26);1H. The predicted molar refractivity (Wildman–Crippen MR) is 129 cm³/mol. The first-order valence-corrected chi connectivity index (χ1v) is 9.98. The van der Waals surface area contributed by atoms with Gasteiger partial charge in [0.1, 0.15) is 5.82 Å². The van der Waals surface area contributed by atoms with Crippen LogP contribution in [0.3, 0.4) is 0 Å². The van der Waals surface area contributed by atoms with Gasteiger partial charge in [-0.15, -0.1) is 24.0 Å². The van der Waals surface area contributed by atoms with Crippen molar-refractivity contribution in [3.63, 3.8) is 0 Å². The van der Waals surface area contributed by atoms with Gasteiger partial charge in [-0.3, -0.25) is 14.5 Å². The van der Waals surface area contributed by atoms with E-state index < -0.39 is 0 Å². The molecule has 166 valence electrons. The van der Waals surface area contributed by atoms with Crippen LogP contribution in [0.25, 0.3) is 0 Å². The number of rotatable bonds is 9. The molecule has 0 fully saturated rings. The van der Waals surface area contributed by atoms with E-state index in [9.17, 15) is 9.18 Å². The third kappa shape index (κ3) is 8.29. The van der Waals surface area contributed by atoms with Crippen molar-refractivity contribution in [3.05, 3.63) is 52.6 Å². The zero-order valence-electron chi connectivity index (χ0n) is 18.1. The largest absolute Gasteiger partial charge is 0.357 e. The minimum absolute atomic E-state index is 0. The Kier molecular flexibility index (Phi) is 11.4. The molecule has 0 aliphatic carbocycles. The molecular formula is C21H32FIN6O. The van der Waals surface area contributed by atoms with Crippen LogP contribution in [0.2, 0.25) is 0 Å². The molecule has 0 aliphatic rings. The van der Waals surface area contributed by atoms with Crippen LogP contribution >= 0.6 is 24.0 Å². The lowest BCUT2D eigenvalue weighted by atomic mass is 10.1. The Balaban J connectivity index is 0.00000450. The molecule has 1 amide bonds.